The zero-order chi connectivity index (χ0) is 13.3. The first kappa shape index (κ1) is 12.4. The normalized spacial score (nSPS) is 12.4. The molecule has 1 atom stereocenters. The zero-order valence-electron chi connectivity index (χ0n) is 10.8. The van der Waals surface area contributed by atoms with Gasteiger partial charge in [0.25, 0.3) is 5.56 Å². The quantitative estimate of drug-likeness (QED) is 0.803. The molecular formula is C14H16N2O2. The van der Waals surface area contributed by atoms with E-state index in [1.807, 2.05) is 38.1 Å². The van der Waals surface area contributed by atoms with E-state index < -0.39 is 0 Å². The summed E-state index contributed by atoms with van der Waals surface area (Å²) in [5.41, 5.74) is 1.50. The van der Waals surface area contributed by atoms with Crippen LogP contribution in [-0.4, -0.2) is 9.13 Å². The number of hydrogen-bond acceptors (Lipinski definition) is 2. The van der Waals surface area contributed by atoms with Crippen molar-refractivity contribution in [2.45, 2.75) is 19.9 Å². The van der Waals surface area contributed by atoms with Gasteiger partial charge in [0.05, 0.1) is 6.04 Å². The van der Waals surface area contributed by atoms with E-state index in [1.165, 1.54) is 21.4 Å². The van der Waals surface area contributed by atoms with Crippen LogP contribution in [0.2, 0.25) is 0 Å². The van der Waals surface area contributed by atoms with E-state index in [4.69, 9.17) is 0 Å². The fourth-order valence-electron chi connectivity index (χ4n) is 2.02. The van der Waals surface area contributed by atoms with Gasteiger partial charge in [0.2, 0.25) is 0 Å². The second-order valence-electron chi connectivity index (χ2n) is 4.51. The summed E-state index contributed by atoms with van der Waals surface area (Å²) in [6.45, 7) is 3.85. The van der Waals surface area contributed by atoms with Crippen LogP contribution < -0.4 is 11.2 Å². The molecule has 4 heteroatoms. The lowest BCUT2D eigenvalue weighted by Crippen LogP contribution is -2.40. The van der Waals surface area contributed by atoms with Gasteiger partial charge in [-0.15, -0.1) is 0 Å². The summed E-state index contributed by atoms with van der Waals surface area (Å²) in [5.74, 6) is 0. The Morgan fingerprint density at radius 3 is 2.56 bits per heavy atom. The number of hydrogen-bond donors (Lipinski definition) is 0. The number of nitrogens with zero attached hydrogens (tertiary/aromatic N) is 2. The van der Waals surface area contributed by atoms with Crippen molar-refractivity contribution in [2.75, 3.05) is 0 Å². The van der Waals surface area contributed by atoms with Gasteiger partial charge in [-0.25, -0.2) is 4.79 Å². The monoisotopic (exact) mass is 244 g/mol. The molecule has 0 saturated heterocycles. The lowest BCUT2D eigenvalue weighted by atomic mass is 10.1. The van der Waals surface area contributed by atoms with Crippen molar-refractivity contribution in [3.05, 3.63) is 68.5 Å². The molecule has 1 unspecified atom stereocenters. The average molecular weight is 244 g/mol. The van der Waals surface area contributed by atoms with Gasteiger partial charge in [0, 0.05) is 19.3 Å². The Bertz CT molecular complexity index is 683. The van der Waals surface area contributed by atoms with Crippen molar-refractivity contribution < 1.29 is 0 Å². The third kappa shape index (κ3) is 2.14. The van der Waals surface area contributed by atoms with Crippen molar-refractivity contribution in [1.29, 1.82) is 0 Å². The number of benzene rings is 1. The maximum Gasteiger partial charge on any atom is 0.331 e. The first-order chi connectivity index (χ1) is 8.50. The van der Waals surface area contributed by atoms with Crippen LogP contribution in [0.5, 0.6) is 0 Å². The first-order valence-electron chi connectivity index (χ1n) is 5.85. The molecule has 0 N–H and O–H groups in total. The Labute approximate surface area is 105 Å². The number of aryl methyl sites for hydroxylation is 2. The molecule has 1 heterocycles. The van der Waals surface area contributed by atoms with E-state index in [0.717, 1.165) is 11.1 Å². The van der Waals surface area contributed by atoms with E-state index in [9.17, 15) is 9.59 Å². The molecule has 0 aliphatic carbocycles. The molecule has 0 radical (unpaired) electrons. The molecule has 1 aromatic heterocycles. The third-order valence-electron chi connectivity index (χ3n) is 3.10. The van der Waals surface area contributed by atoms with Crippen LogP contribution in [0.25, 0.3) is 0 Å². The highest BCUT2D eigenvalue weighted by atomic mass is 16.2. The average Bonchev–Trinajstić information content (AvgIpc) is 2.34. The zero-order valence-corrected chi connectivity index (χ0v) is 10.8. The highest BCUT2D eigenvalue weighted by Crippen LogP contribution is 2.15. The second-order valence-corrected chi connectivity index (χ2v) is 4.51. The second kappa shape index (κ2) is 4.64. The molecule has 0 bridgehead atoms. The van der Waals surface area contributed by atoms with Gasteiger partial charge in [-0.2, -0.15) is 0 Å². The van der Waals surface area contributed by atoms with Crippen molar-refractivity contribution in [1.82, 2.24) is 9.13 Å². The lowest BCUT2D eigenvalue weighted by Gasteiger charge is -2.15. The summed E-state index contributed by atoms with van der Waals surface area (Å²) in [7, 11) is 1.64. The minimum atomic E-state index is -0.295. The maximum absolute atomic E-state index is 12.0. The SMILES string of the molecule is Cc1cccc(C(C)n2c(=O)ccn(C)c2=O)c1. The molecule has 2 aromatic rings. The molecular weight excluding hydrogens is 228 g/mol. The molecule has 0 amide bonds. The summed E-state index contributed by atoms with van der Waals surface area (Å²) >= 11 is 0. The van der Waals surface area contributed by atoms with Crippen molar-refractivity contribution in [3.63, 3.8) is 0 Å². The standard InChI is InChI=1S/C14H16N2O2/c1-10-5-4-6-12(9-10)11(2)16-13(17)7-8-15(3)14(16)18/h4-9,11H,1-3H3. The topological polar surface area (TPSA) is 44.0 Å². The molecule has 0 fully saturated rings. The summed E-state index contributed by atoms with van der Waals surface area (Å²) in [6, 6.07) is 8.98. The van der Waals surface area contributed by atoms with Gasteiger partial charge in [0.15, 0.2) is 0 Å². The van der Waals surface area contributed by atoms with Gasteiger partial charge < -0.3 is 4.57 Å². The molecule has 2 rings (SSSR count). The molecule has 94 valence electrons. The van der Waals surface area contributed by atoms with Crippen LogP contribution in [0.1, 0.15) is 24.1 Å². The predicted octanol–water partition coefficient (Wildman–Crippen LogP) is 1.46. The Hall–Kier alpha value is -2.10. The third-order valence-corrected chi connectivity index (χ3v) is 3.10. The fourth-order valence-corrected chi connectivity index (χ4v) is 2.02. The van der Waals surface area contributed by atoms with Crippen LogP contribution in [0.4, 0.5) is 0 Å². The number of aromatic nitrogens is 2. The van der Waals surface area contributed by atoms with Gasteiger partial charge in [0.1, 0.15) is 0 Å². The maximum atomic E-state index is 12.0. The summed E-state index contributed by atoms with van der Waals surface area (Å²) in [4.78, 5) is 23.9. The Morgan fingerprint density at radius 1 is 1.17 bits per heavy atom. The molecule has 1 aromatic carbocycles. The van der Waals surface area contributed by atoms with Gasteiger partial charge in [-0.05, 0) is 19.4 Å². The van der Waals surface area contributed by atoms with Crippen molar-refractivity contribution in [3.8, 4) is 0 Å². The van der Waals surface area contributed by atoms with E-state index >= 15 is 0 Å². The van der Waals surface area contributed by atoms with Crippen LogP contribution >= 0.6 is 0 Å². The van der Waals surface area contributed by atoms with E-state index in [2.05, 4.69) is 0 Å². The Kier molecular flexibility index (Phi) is 3.19. The summed E-state index contributed by atoms with van der Waals surface area (Å²) in [6.07, 6.45) is 1.49. The highest BCUT2D eigenvalue weighted by Gasteiger charge is 2.13. The minimum Gasteiger partial charge on any atom is -0.303 e. The Morgan fingerprint density at radius 2 is 1.89 bits per heavy atom. The Balaban J connectivity index is 2.60. The first-order valence-corrected chi connectivity index (χ1v) is 5.85. The largest absolute Gasteiger partial charge is 0.331 e. The molecule has 0 spiro atoms. The fraction of sp³-hybridized carbons (Fsp3) is 0.286. The molecule has 0 aliphatic rings. The van der Waals surface area contributed by atoms with E-state index in [1.54, 1.807) is 7.05 Å². The van der Waals surface area contributed by atoms with Crippen molar-refractivity contribution in [2.24, 2.45) is 7.05 Å². The van der Waals surface area contributed by atoms with Crippen LogP contribution in [0.3, 0.4) is 0 Å². The predicted molar refractivity (Wildman–Crippen MR) is 70.9 cm³/mol. The lowest BCUT2D eigenvalue weighted by molar-refractivity contribution is 0.549. The summed E-state index contributed by atoms with van der Waals surface area (Å²) < 4.78 is 2.68. The van der Waals surface area contributed by atoms with Crippen LogP contribution in [0, 0.1) is 6.92 Å². The molecule has 18 heavy (non-hydrogen) atoms. The number of rotatable bonds is 2. The van der Waals surface area contributed by atoms with Crippen molar-refractivity contribution >= 4 is 0 Å². The summed E-state index contributed by atoms with van der Waals surface area (Å²) in [5, 5.41) is 0. The van der Waals surface area contributed by atoms with Gasteiger partial charge in [-0.3, -0.25) is 9.36 Å². The molecule has 0 saturated carbocycles. The molecule has 4 nitrogen and oxygen atoms in total. The van der Waals surface area contributed by atoms with Gasteiger partial charge >= 0.3 is 5.69 Å². The minimum absolute atomic E-state index is 0.266. The van der Waals surface area contributed by atoms with E-state index in [0.29, 0.717) is 0 Å². The molecule has 0 aliphatic heterocycles. The van der Waals surface area contributed by atoms with Crippen LogP contribution in [0.15, 0.2) is 46.1 Å². The van der Waals surface area contributed by atoms with Gasteiger partial charge in [-0.1, -0.05) is 29.8 Å². The van der Waals surface area contributed by atoms with E-state index in [-0.39, 0.29) is 17.3 Å². The highest BCUT2D eigenvalue weighted by molar-refractivity contribution is 5.25. The smallest absolute Gasteiger partial charge is 0.303 e. The van der Waals surface area contributed by atoms with Crippen LogP contribution in [-0.2, 0) is 7.05 Å².